The topological polar surface area (TPSA) is 66.1 Å². The Labute approximate surface area is 118 Å². The lowest BCUT2D eigenvalue weighted by Gasteiger charge is -2.23. The number of aromatic amines is 1. The lowest BCUT2D eigenvalue weighted by Crippen LogP contribution is -2.30. The van der Waals surface area contributed by atoms with Crippen molar-refractivity contribution < 1.29 is 8.42 Å². The van der Waals surface area contributed by atoms with Crippen LogP contribution < -0.4 is 0 Å². The first-order chi connectivity index (χ1) is 9.59. The standard InChI is InChI=1S/C14H17N3O2S/c1-11-15-10-14(16-11)20(18,19)17-9-5-8-13(17)12-6-3-2-4-7-12/h2-4,6-7,10,13H,5,8-9H2,1H3,(H,15,16). The van der Waals surface area contributed by atoms with E-state index in [2.05, 4.69) is 9.97 Å². The third-order valence-corrected chi connectivity index (χ3v) is 5.47. The SMILES string of the molecule is Cc1ncc(S(=O)(=O)N2CCCC2c2ccccc2)[nH]1. The minimum Gasteiger partial charge on any atom is -0.332 e. The van der Waals surface area contributed by atoms with Gasteiger partial charge in [0.1, 0.15) is 5.82 Å². The van der Waals surface area contributed by atoms with Crippen LogP contribution in [-0.2, 0) is 10.0 Å². The number of hydrogen-bond donors (Lipinski definition) is 1. The summed E-state index contributed by atoms with van der Waals surface area (Å²) < 4.78 is 27.0. The maximum Gasteiger partial charge on any atom is 0.260 e. The molecule has 1 atom stereocenters. The average molecular weight is 291 g/mol. The van der Waals surface area contributed by atoms with Crippen molar-refractivity contribution in [1.29, 1.82) is 0 Å². The summed E-state index contributed by atoms with van der Waals surface area (Å²) in [6.07, 6.45) is 3.13. The minimum absolute atomic E-state index is 0.0789. The van der Waals surface area contributed by atoms with Gasteiger partial charge in [0.15, 0.2) is 5.03 Å². The highest BCUT2D eigenvalue weighted by Gasteiger charge is 2.36. The van der Waals surface area contributed by atoms with Gasteiger partial charge in [0.25, 0.3) is 10.0 Å². The Hall–Kier alpha value is -1.66. The number of nitrogens with zero attached hydrogens (tertiary/aromatic N) is 2. The van der Waals surface area contributed by atoms with Crippen molar-refractivity contribution in [2.75, 3.05) is 6.54 Å². The molecule has 3 rings (SSSR count). The van der Waals surface area contributed by atoms with Crippen LogP contribution in [0.2, 0.25) is 0 Å². The summed E-state index contributed by atoms with van der Waals surface area (Å²) in [5.41, 5.74) is 1.05. The second-order valence-corrected chi connectivity index (χ2v) is 6.88. The molecule has 1 fully saturated rings. The zero-order valence-corrected chi connectivity index (χ0v) is 12.1. The van der Waals surface area contributed by atoms with Crippen molar-refractivity contribution in [2.24, 2.45) is 0 Å². The quantitative estimate of drug-likeness (QED) is 0.943. The summed E-state index contributed by atoms with van der Waals surface area (Å²) in [7, 11) is -3.50. The maximum absolute atomic E-state index is 12.7. The molecule has 0 radical (unpaired) electrons. The van der Waals surface area contributed by atoms with E-state index in [0.717, 1.165) is 18.4 Å². The van der Waals surface area contributed by atoms with Crippen LogP contribution in [0.15, 0.2) is 41.6 Å². The van der Waals surface area contributed by atoms with Crippen LogP contribution in [0.5, 0.6) is 0 Å². The summed E-state index contributed by atoms with van der Waals surface area (Å²) in [5.74, 6) is 0.610. The van der Waals surface area contributed by atoms with Crippen LogP contribution in [0.25, 0.3) is 0 Å². The molecule has 0 amide bonds. The van der Waals surface area contributed by atoms with Gasteiger partial charge >= 0.3 is 0 Å². The predicted molar refractivity (Wildman–Crippen MR) is 75.6 cm³/mol. The van der Waals surface area contributed by atoms with Crippen LogP contribution in [-0.4, -0.2) is 29.2 Å². The number of H-pyrrole nitrogens is 1. The number of imidazole rings is 1. The minimum atomic E-state index is -3.50. The van der Waals surface area contributed by atoms with E-state index >= 15 is 0 Å². The molecule has 0 bridgehead atoms. The molecule has 1 aromatic carbocycles. The van der Waals surface area contributed by atoms with E-state index in [4.69, 9.17) is 0 Å². The van der Waals surface area contributed by atoms with E-state index in [0.29, 0.717) is 12.4 Å². The Bertz CT molecular complexity index is 694. The zero-order valence-electron chi connectivity index (χ0n) is 11.3. The van der Waals surface area contributed by atoms with Crippen LogP contribution in [0.3, 0.4) is 0 Å². The molecule has 106 valence electrons. The highest BCUT2D eigenvalue weighted by atomic mass is 32.2. The molecule has 1 aromatic heterocycles. The average Bonchev–Trinajstić information content (AvgIpc) is 3.08. The van der Waals surface area contributed by atoms with Crippen molar-refractivity contribution in [3.05, 3.63) is 47.9 Å². The van der Waals surface area contributed by atoms with Crippen molar-refractivity contribution in [3.8, 4) is 0 Å². The van der Waals surface area contributed by atoms with Crippen LogP contribution >= 0.6 is 0 Å². The first kappa shape index (κ1) is 13.3. The molecule has 20 heavy (non-hydrogen) atoms. The third-order valence-electron chi connectivity index (χ3n) is 3.65. The number of aromatic nitrogens is 2. The molecule has 1 aliphatic heterocycles. The Morgan fingerprint density at radius 2 is 2.05 bits per heavy atom. The molecule has 2 aromatic rings. The van der Waals surface area contributed by atoms with Crippen molar-refractivity contribution >= 4 is 10.0 Å². The molecule has 0 aliphatic carbocycles. The van der Waals surface area contributed by atoms with Gasteiger partial charge in [-0.25, -0.2) is 13.4 Å². The van der Waals surface area contributed by atoms with Gasteiger partial charge < -0.3 is 4.98 Å². The Morgan fingerprint density at radius 1 is 1.30 bits per heavy atom. The van der Waals surface area contributed by atoms with E-state index in [1.54, 1.807) is 11.2 Å². The predicted octanol–water partition coefficient (Wildman–Crippen LogP) is 2.24. The van der Waals surface area contributed by atoms with Crippen molar-refractivity contribution in [1.82, 2.24) is 14.3 Å². The second-order valence-electron chi connectivity index (χ2n) is 5.02. The smallest absolute Gasteiger partial charge is 0.260 e. The van der Waals surface area contributed by atoms with E-state index in [9.17, 15) is 8.42 Å². The van der Waals surface area contributed by atoms with E-state index < -0.39 is 10.0 Å². The fourth-order valence-electron chi connectivity index (χ4n) is 2.69. The van der Waals surface area contributed by atoms with Crippen LogP contribution in [0, 0.1) is 6.92 Å². The number of rotatable bonds is 3. The molecular formula is C14H17N3O2S. The number of hydrogen-bond acceptors (Lipinski definition) is 3. The molecular weight excluding hydrogens is 274 g/mol. The second kappa shape index (κ2) is 5.03. The number of sulfonamides is 1. The van der Waals surface area contributed by atoms with Crippen molar-refractivity contribution in [3.63, 3.8) is 0 Å². The van der Waals surface area contributed by atoms with Gasteiger partial charge in [-0.3, -0.25) is 0 Å². The number of nitrogens with one attached hydrogen (secondary N) is 1. The van der Waals surface area contributed by atoms with Gasteiger partial charge in [0.2, 0.25) is 0 Å². The maximum atomic E-state index is 12.7. The summed E-state index contributed by atoms with van der Waals surface area (Å²) in [6.45, 7) is 2.30. The molecule has 1 aliphatic rings. The monoisotopic (exact) mass is 291 g/mol. The lowest BCUT2D eigenvalue weighted by atomic mass is 10.1. The summed E-state index contributed by atoms with van der Waals surface area (Å²) in [6, 6.07) is 9.71. The van der Waals surface area contributed by atoms with Crippen LogP contribution in [0.4, 0.5) is 0 Å². The molecule has 0 saturated carbocycles. The van der Waals surface area contributed by atoms with Gasteiger partial charge in [-0.2, -0.15) is 4.31 Å². The first-order valence-electron chi connectivity index (χ1n) is 6.67. The van der Waals surface area contributed by atoms with Gasteiger partial charge in [-0.15, -0.1) is 0 Å². The highest BCUT2D eigenvalue weighted by molar-refractivity contribution is 7.89. The number of aryl methyl sites for hydroxylation is 1. The van der Waals surface area contributed by atoms with Crippen molar-refractivity contribution in [2.45, 2.75) is 30.8 Å². The van der Waals surface area contributed by atoms with E-state index in [1.807, 2.05) is 30.3 Å². The largest absolute Gasteiger partial charge is 0.332 e. The van der Waals surface area contributed by atoms with Gasteiger partial charge in [0, 0.05) is 6.54 Å². The molecule has 1 N–H and O–H groups in total. The zero-order chi connectivity index (χ0) is 14.2. The van der Waals surface area contributed by atoms with E-state index in [-0.39, 0.29) is 11.1 Å². The van der Waals surface area contributed by atoms with Gasteiger partial charge in [-0.1, -0.05) is 30.3 Å². The molecule has 2 heterocycles. The Balaban J connectivity index is 1.97. The fraction of sp³-hybridized carbons (Fsp3) is 0.357. The number of benzene rings is 1. The molecule has 1 unspecified atom stereocenters. The van der Waals surface area contributed by atoms with Gasteiger partial charge in [0.05, 0.1) is 12.2 Å². The first-order valence-corrected chi connectivity index (χ1v) is 8.11. The molecule has 6 heteroatoms. The summed E-state index contributed by atoms with van der Waals surface area (Å²) >= 11 is 0. The normalized spacial score (nSPS) is 20.4. The fourth-order valence-corrected chi connectivity index (χ4v) is 4.34. The summed E-state index contributed by atoms with van der Waals surface area (Å²) in [4.78, 5) is 6.82. The Kier molecular flexibility index (Phi) is 3.35. The van der Waals surface area contributed by atoms with Gasteiger partial charge in [-0.05, 0) is 25.3 Å². The molecule has 1 saturated heterocycles. The highest BCUT2D eigenvalue weighted by Crippen LogP contribution is 2.35. The Morgan fingerprint density at radius 3 is 2.70 bits per heavy atom. The molecule has 5 nitrogen and oxygen atoms in total. The van der Waals surface area contributed by atoms with E-state index in [1.165, 1.54) is 6.20 Å². The lowest BCUT2D eigenvalue weighted by molar-refractivity contribution is 0.395. The summed E-state index contributed by atoms with van der Waals surface area (Å²) in [5, 5.41) is 0.179. The molecule has 0 spiro atoms. The van der Waals surface area contributed by atoms with Crippen LogP contribution in [0.1, 0.15) is 30.3 Å². The third kappa shape index (κ3) is 2.25.